The Morgan fingerprint density at radius 1 is 1.08 bits per heavy atom. The van der Waals surface area contributed by atoms with Crippen LogP contribution in [0.5, 0.6) is 0 Å². The molecule has 0 saturated heterocycles. The van der Waals surface area contributed by atoms with Crippen LogP contribution in [0.1, 0.15) is 44.2 Å². The van der Waals surface area contributed by atoms with Gasteiger partial charge in [-0.1, -0.05) is 98.7 Å². The molecule has 1 aliphatic rings. The van der Waals surface area contributed by atoms with E-state index in [1.165, 1.54) is 40.7 Å². The topological polar surface area (TPSA) is 9.23 Å². The van der Waals surface area contributed by atoms with E-state index in [1.54, 1.807) is 0 Å². The average molecular weight is 344 g/mol. The normalized spacial score (nSPS) is 17.6. The summed E-state index contributed by atoms with van der Waals surface area (Å²) in [6, 6.07) is 21.3. The smallest absolute Gasteiger partial charge is 0.0839 e. The quantitative estimate of drug-likeness (QED) is 0.508. The summed E-state index contributed by atoms with van der Waals surface area (Å²) in [5, 5.41) is 0. The zero-order valence-electron chi connectivity index (χ0n) is 15.9. The van der Waals surface area contributed by atoms with Gasteiger partial charge in [0.15, 0.2) is 0 Å². The van der Waals surface area contributed by atoms with Crippen molar-refractivity contribution in [3.8, 4) is 0 Å². The van der Waals surface area contributed by atoms with Crippen LogP contribution in [0.25, 0.3) is 11.1 Å². The van der Waals surface area contributed by atoms with Gasteiger partial charge < -0.3 is 4.74 Å². The lowest BCUT2D eigenvalue weighted by Crippen LogP contribution is -2.09. The van der Waals surface area contributed by atoms with Crippen molar-refractivity contribution in [1.82, 2.24) is 0 Å². The number of unbranched alkanes of at least 4 members (excludes halogenated alkanes) is 1. The Kier molecular flexibility index (Phi) is 6.25. The Labute approximate surface area is 157 Å². The summed E-state index contributed by atoms with van der Waals surface area (Å²) < 4.78 is 6.27. The van der Waals surface area contributed by atoms with Crippen molar-refractivity contribution in [3.05, 3.63) is 95.6 Å². The first kappa shape index (κ1) is 18.4. The van der Waals surface area contributed by atoms with Crippen molar-refractivity contribution in [2.24, 2.45) is 0 Å². The fourth-order valence-electron chi connectivity index (χ4n) is 3.57. The maximum absolute atomic E-state index is 6.27. The van der Waals surface area contributed by atoms with Crippen LogP contribution in [0.4, 0.5) is 0 Å². The number of allylic oxidation sites excluding steroid dienone is 2. The van der Waals surface area contributed by atoms with Crippen LogP contribution in [0.3, 0.4) is 0 Å². The van der Waals surface area contributed by atoms with Gasteiger partial charge in [-0.25, -0.2) is 0 Å². The summed E-state index contributed by atoms with van der Waals surface area (Å²) in [5.74, 6) is 0. The molecule has 0 fully saturated rings. The second-order valence-corrected chi connectivity index (χ2v) is 6.97. The van der Waals surface area contributed by atoms with Gasteiger partial charge in [0, 0.05) is 0 Å². The first-order valence-electron chi connectivity index (χ1n) is 9.53. The van der Waals surface area contributed by atoms with Crippen LogP contribution in [0, 0.1) is 0 Å². The number of hydrogen-bond acceptors (Lipinski definition) is 1. The van der Waals surface area contributed by atoms with Gasteiger partial charge in [0.1, 0.15) is 0 Å². The van der Waals surface area contributed by atoms with E-state index in [4.69, 9.17) is 4.74 Å². The van der Waals surface area contributed by atoms with Crippen molar-refractivity contribution in [2.45, 2.75) is 39.2 Å². The Bertz CT molecular complexity index is 797. The highest BCUT2D eigenvalue weighted by molar-refractivity contribution is 5.92. The molecule has 0 N–H and O–H groups in total. The molecule has 1 atom stereocenters. The second kappa shape index (κ2) is 8.82. The zero-order chi connectivity index (χ0) is 18.4. The van der Waals surface area contributed by atoms with E-state index in [0.717, 1.165) is 12.0 Å². The average Bonchev–Trinajstić information content (AvgIpc) is 3.09. The fraction of sp³-hybridized carbons (Fsp3) is 0.280. The van der Waals surface area contributed by atoms with Gasteiger partial charge in [-0.05, 0) is 41.2 Å². The van der Waals surface area contributed by atoms with E-state index in [0.29, 0.717) is 6.61 Å². The van der Waals surface area contributed by atoms with Gasteiger partial charge in [0.25, 0.3) is 0 Å². The SMILES string of the molecule is C=C(C)/C=C(/C1=C(c2ccccc2)C(CCCC)OC1)c1ccccc1. The van der Waals surface area contributed by atoms with Crippen molar-refractivity contribution in [1.29, 1.82) is 0 Å². The van der Waals surface area contributed by atoms with Crippen LogP contribution < -0.4 is 0 Å². The third-order valence-electron chi connectivity index (χ3n) is 4.78. The standard InChI is InChI=1S/C25H28O/c1-4-5-16-24-25(21-14-10-7-11-15-21)23(18-26-24)22(17-19(2)3)20-12-8-6-9-13-20/h6-15,17,24H,2,4-5,16,18H2,1,3H3/b22-17+. The highest BCUT2D eigenvalue weighted by Crippen LogP contribution is 2.40. The van der Waals surface area contributed by atoms with Crippen LogP contribution in [0.2, 0.25) is 0 Å². The van der Waals surface area contributed by atoms with Gasteiger partial charge in [-0.15, -0.1) is 0 Å². The van der Waals surface area contributed by atoms with Crippen LogP contribution in [-0.4, -0.2) is 12.7 Å². The van der Waals surface area contributed by atoms with Gasteiger partial charge in [0.2, 0.25) is 0 Å². The molecule has 1 heteroatoms. The van der Waals surface area contributed by atoms with Crippen molar-refractivity contribution >= 4 is 11.1 Å². The highest BCUT2D eigenvalue weighted by atomic mass is 16.5. The highest BCUT2D eigenvalue weighted by Gasteiger charge is 2.29. The Balaban J connectivity index is 2.14. The first-order chi connectivity index (χ1) is 12.7. The predicted octanol–water partition coefficient (Wildman–Crippen LogP) is 6.69. The maximum atomic E-state index is 6.27. The molecule has 0 bridgehead atoms. The Morgan fingerprint density at radius 3 is 2.35 bits per heavy atom. The van der Waals surface area contributed by atoms with Gasteiger partial charge >= 0.3 is 0 Å². The molecule has 0 amide bonds. The largest absolute Gasteiger partial charge is 0.369 e. The molecule has 3 rings (SSSR count). The molecule has 26 heavy (non-hydrogen) atoms. The minimum atomic E-state index is 0.171. The first-order valence-corrected chi connectivity index (χ1v) is 9.53. The Hall–Kier alpha value is -2.38. The van der Waals surface area contributed by atoms with E-state index in [1.807, 2.05) is 0 Å². The number of benzene rings is 2. The molecule has 1 heterocycles. The fourth-order valence-corrected chi connectivity index (χ4v) is 3.57. The summed E-state index contributed by atoms with van der Waals surface area (Å²) in [5.41, 5.74) is 7.42. The minimum Gasteiger partial charge on any atom is -0.369 e. The van der Waals surface area contributed by atoms with E-state index in [9.17, 15) is 0 Å². The van der Waals surface area contributed by atoms with Gasteiger partial charge in [-0.2, -0.15) is 0 Å². The van der Waals surface area contributed by atoms with Gasteiger partial charge in [-0.3, -0.25) is 0 Å². The lowest BCUT2D eigenvalue weighted by Gasteiger charge is -2.16. The van der Waals surface area contributed by atoms with Crippen LogP contribution in [0.15, 0.2) is 84.5 Å². The van der Waals surface area contributed by atoms with E-state index >= 15 is 0 Å². The maximum Gasteiger partial charge on any atom is 0.0839 e. The summed E-state index contributed by atoms with van der Waals surface area (Å²) in [6.45, 7) is 9.06. The molecule has 2 aromatic rings. The lowest BCUT2D eigenvalue weighted by atomic mass is 9.88. The summed E-state index contributed by atoms with van der Waals surface area (Å²) in [4.78, 5) is 0. The van der Waals surface area contributed by atoms with Crippen LogP contribution in [-0.2, 0) is 4.74 Å². The summed E-state index contributed by atoms with van der Waals surface area (Å²) in [7, 11) is 0. The molecule has 0 aromatic heterocycles. The van der Waals surface area contributed by atoms with Crippen molar-refractivity contribution < 1.29 is 4.74 Å². The minimum absolute atomic E-state index is 0.171. The van der Waals surface area contributed by atoms with Gasteiger partial charge in [0.05, 0.1) is 12.7 Å². The third kappa shape index (κ3) is 4.23. The monoisotopic (exact) mass is 344 g/mol. The summed E-state index contributed by atoms with van der Waals surface area (Å²) in [6.07, 6.45) is 5.80. The molecule has 0 aliphatic carbocycles. The molecule has 2 aromatic carbocycles. The molecular weight excluding hydrogens is 316 g/mol. The van der Waals surface area contributed by atoms with Crippen LogP contribution >= 0.6 is 0 Å². The molecule has 0 saturated carbocycles. The summed E-state index contributed by atoms with van der Waals surface area (Å²) >= 11 is 0. The molecule has 134 valence electrons. The van der Waals surface area contributed by atoms with E-state index in [2.05, 4.69) is 87.2 Å². The Morgan fingerprint density at radius 2 is 1.73 bits per heavy atom. The van der Waals surface area contributed by atoms with Crippen molar-refractivity contribution in [3.63, 3.8) is 0 Å². The molecule has 1 nitrogen and oxygen atoms in total. The molecule has 1 aliphatic heterocycles. The van der Waals surface area contributed by atoms with E-state index < -0.39 is 0 Å². The molecule has 0 radical (unpaired) electrons. The molecular formula is C25H28O. The number of rotatable bonds is 7. The predicted molar refractivity (Wildman–Crippen MR) is 112 cm³/mol. The second-order valence-electron chi connectivity index (χ2n) is 6.97. The zero-order valence-corrected chi connectivity index (χ0v) is 15.9. The molecule has 0 spiro atoms. The number of ether oxygens (including phenoxy) is 1. The number of hydrogen-bond donors (Lipinski definition) is 0. The van der Waals surface area contributed by atoms with Crippen molar-refractivity contribution in [2.75, 3.05) is 6.61 Å². The van der Waals surface area contributed by atoms with E-state index in [-0.39, 0.29) is 6.10 Å². The third-order valence-corrected chi connectivity index (χ3v) is 4.78. The lowest BCUT2D eigenvalue weighted by molar-refractivity contribution is 0.123. The molecule has 1 unspecified atom stereocenters.